The van der Waals surface area contributed by atoms with Crippen LogP contribution in [0.15, 0.2) is 18.2 Å². The second kappa shape index (κ2) is 6.11. The van der Waals surface area contributed by atoms with Gasteiger partial charge in [-0.3, -0.25) is 4.79 Å². The first-order chi connectivity index (χ1) is 7.15. The molecule has 0 fully saturated rings. The van der Waals surface area contributed by atoms with Gasteiger partial charge < -0.3 is 5.32 Å². The van der Waals surface area contributed by atoms with Crippen LogP contribution in [0.4, 0.5) is 0 Å². The van der Waals surface area contributed by atoms with Gasteiger partial charge in [-0.05, 0) is 24.2 Å². The minimum Gasteiger partial charge on any atom is -0.310 e. The van der Waals surface area contributed by atoms with Gasteiger partial charge in [0.1, 0.15) is 0 Å². The average Bonchev–Trinajstić information content (AvgIpc) is 2.21. The Labute approximate surface area is 99.6 Å². The molecule has 1 N–H and O–H groups in total. The first-order valence-corrected chi connectivity index (χ1v) is 5.56. The summed E-state index contributed by atoms with van der Waals surface area (Å²) in [5.41, 5.74) is 0.712. The third-order valence-corrected chi connectivity index (χ3v) is 2.72. The van der Waals surface area contributed by atoms with Crippen LogP contribution in [0, 0.1) is 0 Å². The fourth-order valence-electron chi connectivity index (χ4n) is 1.23. The van der Waals surface area contributed by atoms with Crippen molar-refractivity contribution in [1.29, 1.82) is 0 Å². The summed E-state index contributed by atoms with van der Waals surface area (Å²) < 4.78 is 0. The highest BCUT2D eigenvalue weighted by atomic mass is 35.5. The van der Waals surface area contributed by atoms with Crippen molar-refractivity contribution >= 4 is 29.0 Å². The highest BCUT2D eigenvalue weighted by Gasteiger charge is 2.09. The Kier molecular flexibility index (Phi) is 5.09. The SMILES string of the molecule is CCNCC(=O)Cc1c(Cl)cccc1Cl. The molecule has 0 bridgehead atoms. The van der Waals surface area contributed by atoms with E-state index in [9.17, 15) is 4.79 Å². The number of rotatable bonds is 5. The lowest BCUT2D eigenvalue weighted by Crippen LogP contribution is -2.23. The van der Waals surface area contributed by atoms with E-state index in [4.69, 9.17) is 23.2 Å². The van der Waals surface area contributed by atoms with E-state index < -0.39 is 0 Å². The van der Waals surface area contributed by atoms with Crippen molar-refractivity contribution in [2.75, 3.05) is 13.1 Å². The van der Waals surface area contributed by atoms with E-state index in [1.54, 1.807) is 18.2 Å². The molecular weight excluding hydrogens is 233 g/mol. The quantitative estimate of drug-likeness (QED) is 0.865. The molecule has 0 amide bonds. The van der Waals surface area contributed by atoms with Gasteiger partial charge in [0.05, 0.1) is 6.54 Å². The van der Waals surface area contributed by atoms with Gasteiger partial charge in [-0.2, -0.15) is 0 Å². The van der Waals surface area contributed by atoms with Crippen molar-refractivity contribution < 1.29 is 4.79 Å². The lowest BCUT2D eigenvalue weighted by molar-refractivity contribution is -0.117. The largest absolute Gasteiger partial charge is 0.310 e. The molecule has 1 rings (SSSR count). The molecule has 0 radical (unpaired) electrons. The summed E-state index contributed by atoms with van der Waals surface area (Å²) in [5, 5.41) is 4.07. The van der Waals surface area contributed by atoms with Gasteiger partial charge in [0.15, 0.2) is 5.78 Å². The fraction of sp³-hybridized carbons (Fsp3) is 0.364. The first-order valence-electron chi connectivity index (χ1n) is 4.80. The highest BCUT2D eigenvalue weighted by Crippen LogP contribution is 2.24. The Balaban J connectivity index is 2.68. The molecule has 0 aliphatic carbocycles. The summed E-state index contributed by atoms with van der Waals surface area (Å²) in [6.45, 7) is 3.09. The third-order valence-electron chi connectivity index (χ3n) is 2.01. The van der Waals surface area contributed by atoms with E-state index in [2.05, 4.69) is 5.32 Å². The van der Waals surface area contributed by atoms with Crippen molar-refractivity contribution in [2.24, 2.45) is 0 Å². The van der Waals surface area contributed by atoms with Crippen LogP contribution in [0.3, 0.4) is 0 Å². The second-order valence-electron chi connectivity index (χ2n) is 3.20. The monoisotopic (exact) mass is 245 g/mol. The van der Waals surface area contributed by atoms with E-state index >= 15 is 0 Å². The standard InChI is InChI=1S/C11H13Cl2NO/c1-2-14-7-8(15)6-9-10(12)4-3-5-11(9)13/h3-5,14H,2,6-7H2,1H3. The van der Waals surface area contributed by atoms with Gasteiger partial charge in [-0.15, -0.1) is 0 Å². The number of ketones is 1. The summed E-state index contributed by atoms with van der Waals surface area (Å²) in [7, 11) is 0. The van der Waals surface area contributed by atoms with Gasteiger partial charge in [0.2, 0.25) is 0 Å². The molecular formula is C11H13Cl2NO. The molecule has 2 nitrogen and oxygen atoms in total. The zero-order chi connectivity index (χ0) is 11.3. The number of Topliss-reactive ketones (excluding diaryl/α,β-unsaturated/α-hetero) is 1. The summed E-state index contributed by atoms with van der Waals surface area (Å²) in [6.07, 6.45) is 0.283. The van der Waals surface area contributed by atoms with Crippen LogP contribution in [0.2, 0.25) is 10.0 Å². The van der Waals surface area contributed by atoms with Crippen LogP contribution in [0.1, 0.15) is 12.5 Å². The Morgan fingerprint density at radius 2 is 1.93 bits per heavy atom. The van der Waals surface area contributed by atoms with Crippen LogP contribution in [0.5, 0.6) is 0 Å². The molecule has 15 heavy (non-hydrogen) atoms. The molecule has 0 aliphatic heterocycles. The maximum absolute atomic E-state index is 11.5. The number of hydrogen-bond donors (Lipinski definition) is 1. The fourth-order valence-corrected chi connectivity index (χ4v) is 1.76. The maximum atomic E-state index is 11.5. The van der Waals surface area contributed by atoms with Crippen molar-refractivity contribution in [3.8, 4) is 0 Å². The van der Waals surface area contributed by atoms with Crippen LogP contribution in [-0.2, 0) is 11.2 Å². The lowest BCUT2D eigenvalue weighted by Gasteiger charge is -2.06. The minimum absolute atomic E-state index is 0.0897. The van der Waals surface area contributed by atoms with Crippen molar-refractivity contribution in [1.82, 2.24) is 5.32 Å². The number of carbonyl (C=O) groups excluding carboxylic acids is 1. The molecule has 0 aliphatic rings. The number of benzene rings is 1. The number of nitrogens with one attached hydrogen (secondary N) is 1. The topological polar surface area (TPSA) is 29.1 Å². The van der Waals surface area contributed by atoms with Crippen LogP contribution in [0.25, 0.3) is 0 Å². The van der Waals surface area contributed by atoms with Gasteiger partial charge in [-0.25, -0.2) is 0 Å². The molecule has 0 saturated heterocycles. The molecule has 0 saturated carbocycles. The summed E-state index contributed by atoms with van der Waals surface area (Å²) >= 11 is 11.9. The molecule has 82 valence electrons. The zero-order valence-corrected chi connectivity index (χ0v) is 10.0. The Morgan fingerprint density at radius 3 is 2.47 bits per heavy atom. The number of likely N-dealkylation sites (N-methyl/N-ethyl adjacent to an activating group) is 1. The maximum Gasteiger partial charge on any atom is 0.151 e. The van der Waals surface area contributed by atoms with Gasteiger partial charge in [0.25, 0.3) is 0 Å². The average molecular weight is 246 g/mol. The van der Waals surface area contributed by atoms with Crippen molar-refractivity contribution in [2.45, 2.75) is 13.3 Å². The minimum atomic E-state index is 0.0897. The predicted octanol–water partition coefficient (Wildman–Crippen LogP) is 2.71. The second-order valence-corrected chi connectivity index (χ2v) is 4.01. The summed E-state index contributed by atoms with van der Waals surface area (Å²) in [5.74, 6) is 0.0897. The lowest BCUT2D eigenvalue weighted by atomic mass is 10.1. The molecule has 0 spiro atoms. The van der Waals surface area contributed by atoms with Crippen LogP contribution >= 0.6 is 23.2 Å². The number of halogens is 2. The van der Waals surface area contributed by atoms with E-state index in [1.807, 2.05) is 6.92 Å². The predicted molar refractivity (Wildman–Crippen MR) is 63.7 cm³/mol. The van der Waals surface area contributed by atoms with Gasteiger partial charge in [-0.1, -0.05) is 36.2 Å². The molecule has 1 aromatic rings. The molecule has 0 atom stereocenters. The summed E-state index contributed by atoms with van der Waals surface area (Å²) in [6, 6.07) is 5.25. The molecule has 0 aromatic heterocycles. The van der Waals surface area contributed by atoms with E-state index in [0.717, 1.165) is 6.54 Å². The van der Waals surface area contributed by atoms with E-state index in [0.29, 0.717) is 22.2 Å². The number of hydrogen-bond acceptors (Lipinski definition) is 2. The highest BCUT2D eigenvalue weighted by molar-refractivity contribution is 6.36. The van der Waals surface area contributed by atoms with Crippen LogP contribution in [-0.4, -0.2) is 18.9 Å². The Bertz CT molecular complexity index is 332. The first kappa shape index (κ1) is 12.5. The third kappa shape index (κ3) is 3.82. The molecule has 0 heterocycles. The van der Waals surface area contributed by atoms with Gasteiger partial charge in [0, 0.05) is 16.5 Å². The van der Waals surface area contributed by atoms with E-state index in [-0.39, 0.29) is 12.2 Å². The van der Waals surface area contributed by atoms with Crippen LogP contribution < -0.4 is 5.32 Å². The normalized spacial score (nSPS) is 10.3. The van der Waals surface area contributed by atoms with Crippen molar-refractivity contribution in [3.05, 3.63) is 33.8 Å². The Morgan fingerprint density at radius 1 is 1.33 bits per heavy atom. The van der Waals surface area contributed by atoms with Crippen molar-refractivity contribution in [3.63, 3.8) is 0 Å². The Hall–Kier alpha value is -0.570. The molecule has 4 heteroatoms. The molecule has 0 unspecified atom stereocenters. The summed E-state index contributed by atoms with van der Waals surface area (Å²) in [4.78, 5) is 11.5. The zero-order valence-electron chi connectivity index (χ0n) is 8.52. The molecule has 1 aromatic carbocycles. The number of carbonyl (C=O) groups is 1. The van der Waals surface area contributed by atoms with Gasteiger partial charge >= 0.3 is 0 Å². The smallest absolute Gasteiger partial charge is 0.151 e. The van der Waals surface area contributed by atoms with E-state index in [1.165, 1.54) is 0 Å².